The number of rotatable bonds is 5. The number of nitrogens with zero attached hydrogens (tertiary/aromatic N) is 1. The Balaban J connectivity index is 1.53. The summed E-state index contributed by atoms with van der Waals surface area (Å²) in [7, 11) is 0. The van der Waals surface area contributed by atoms with Crippen LogP contribution in [0, 0.1) is 6.92 Å². The van der Waals surface area contributed by atoms with E-state index in [-0.39, 0.29) is 23.1 Å². The Labute approximate surface area is 168 Å². The van der Waals surface area contributed by atoms with Gasteiger partial charge in [0.25, 0.3) is 5.91 Å². The summed E-state index contributed by atoms with van der Waals surface area (Å²) in [5.74, 6) is -0.289. The van der Waals surface area contributed by atoms with Crippen LogP contribution in [-0.4, -0.2) is 30.4 Å². The maximum absolute atomic E-state index is 12.7. The summed E-state index contributed by atoms with van der Waals surface area (Å²) in [6.45, 7) is 4.51. The van der Waals surface area contributed by atoms with Crippen LogP contribution in [0.25, 0.3) is 11.0 Å². The highest BCUT2D eigenvalue weighted by Gasteiger charge is 2.24. The number of likely N-dealkylation sites (tertiary alicyclic amines) is 1. The van der Waals surface area contributed by atoms with Crippen molar-refractivity contribution in [2.24, 2.45) is 0 Å². The minimum Gasteiger partial charge on any atom is -0.451 e. The Bertz CT molecular complexity index is 1020. The van der Waals surface area contributed by atoms with Gasteiger partial charge in [0.05, 0.1) is 11.4 Å². The largest absolute Gasteiger partial charge is 0.451 e. The number of nitrogens with one attached hydrogen (secondary N) is 1. The first kappa shape index (κ1) is 18.9. The summed E-state index contributed by atoms with van der Waals surface area (Å²) in [5.41, 5.74) is 1.23. The average molecular weight is 397 g/mol. The monoisotopic (exact) mass is 396 g/mol. The van der Waals surface area contributed by atoms with E-state index >= 15 is 0 Å². The van der Waals surface area contributed by atoms with Crippen LogP contribution in [0.15, 0.2) is 51.0 Å². The lowest BCUT2D eigenvalue weighted by Gasteiger charge is -2.34. The zero-order chi connectivity index (χ0) is 19.5. The lowest BCUT2D eigenvalue weighted by molar-refractivity contribution is 0.0899. The fraction of sp³-hybridized carbons (Fsp3) is 0.364. The summed E-state index contributed by atoms with van der Waals surface area (Å²) in [6.07, 6.45) is 3.64. The van der Waals surface area contributed by atoms with E-state index in [1.807, 2.05) is 19.1 Å². The molecule has 4 rings (SSSR count). The molecule has 1 amide bonds. The lowest BCUT2D eigenvalue weighted by Crippen LogP contribution is -2.40. The summed E-state index contributed by atoms with van der Waals surface area (Å²) >= 11 is 1.71. The van der Waals surface area contributed by atoms with E-state index in [1.165, 1.54) is 30.2 Å². The maximum atomic E-state index is 12.7. The van der Waals surface area contributed by atoms with E-state index in [4.69, 9.17) is 4.42 Å². The van der Waals surface area contributed by atoms with Crippen LogP contribution in [0.2, 0.25) is 0 Å². The van der Waals surface area contributed by atoms with Gasteiger partial charge in [-0.2, -0.15) is 0 Å². The van der Waals surface area contributed by atoms with E-state index in [9.17, 15) is 9.59 Å². The molecule has 1 aliphatic heterocycles. The highest BCUT2D eigenvalue weighted by atomic mass is 32.1. The molecule has 0 bridgehead atoms. The molecule has 0 saturated carbocycles. The third-order valence-electron chi connectivity index (χ3n) is 5.27. The third kappa shape index (κ3) is 4.03. The van der Waals surface area contributed by atoms with Crippen LogP contribution in [0.4, 0.5) is 0 Å². The molecule has 1 fully saturated rings. The number of benzene rings is 1. The van der Waals surface area contributed by atoms with Gasteiger partial charge in [-0.25, -0.2) is 0 Å². The smallest absolute Gasteiger partial charge is 0.287 e. The number of fused-ring (bicyclic) bond motifs is 1. The Hall–Kier alpha value is -2.44. The lowest BCUT2D eigenvalue weighted by atomic mass is 10.1. The number of amides is 1. The SMILES string of the molecule is Cc1ccc2oc(C(=O)NC[C@@H](c3cccs3)N3CCCCC3)cc(=O)c2c1. The zero-order valence-corrected chi connectivity index (χ0v) is 16.8. The molecule has 6 heteroatoms. The van der Waals surface area contributed by atoms with Gasteiger partial charge in [-0.3, -0.25) is 14.5 Å². The summed E-state index contributed by atoms with van der Waals surface area (Å²) in [6, 6.07) is 11.0. The predicted octanol–water partition coefficient (Wildman–Crippen LogP) is 4.12. The zero-order valence-electron chi connectivity index (χ0n) is 15.9. The molecule has 0 unspecified atom stereocenters. The molecular weight excluding hydrogens is 372 g/mol. The number of aryl methyl sites for hydroxylation is 1. The van der Waals surface area contributed by atoms with E-state index < -0.39 is 0 Å². The van der Waals surface area contributed by atoms with E-state index in [0.717, 1.165) is 18.7 Å². The average Bonchev–Trinajstić information content (AvgIpc) is 3.24. The maximum Gasteiger partial charge on any atom is 0.287 e. The Kier molecular flexibility index (Phi) is 5.59. The first-order valence-corrected chi connectivity index (χ1v) is 10.6. The molecule has 3 aromatic rings. The number of carbonyl (C=O) groups excluding carboxylic acids is 1. The first-order chi connectivity index (χ1) is 13.6. The number of thiophene rings is 1. The Morgan fingerprint density at radius 3 is 2.79 bits per heavy atom. The van der Waals surface area contributed by atoms with E-state index in [2.05, 4.69) is 21.7 Å². The van der Waals surface area contributed by atoms with E-state index in [0.29, 0.717) is 17.5 Å². The van der Waals surface area contributed by atoms with Crippen molar-refractivity contribution < 1.29 is 9.21 Å². The minimum atomic E-state index is -0.349. The molecule has 1 N–H and O–H groups in total. The van der Waals surface area contributed by atoms with Gasteiger partial charge in [0.2, 0.25) is 0 Å². The Morgan fingerprint density at radius 1 is 1.21 bits per heavy atom. The first-order valence-electron chi connectivity index (χ1n) is 9.72. The molecule has 28 heavy (non-hydrogen) atoms. The van der Waals surface area contributed by atoms with Crippen molar-refractivity contribution in [3.63, 3.8) is 0 Å². The fourth-order valence-electron chi connectivity index (χ4n) is 3.78. The summed E-state index contributed by atoms with van der Waals surface area (Å²) in [5, 5.41) is 5.55. The molecule has 146 valence electrons. The van der Waals surface area contributed by atoms with Crippen molar-refractivity contribution in [1.82, 2.24) is 10.2 Å². The minimum absolute atomic E-state index is 0.0601. The van der Waals surface area contributed by atoms with Crippen molar-refractivity contribution in [2.45, 2.75) is 32.2 Å². The van der Waals surface area contributed by atoms with Gasteiger partial charge in [0.15, 0.2) is 11.2 Å². The second-order valence-corrected chi connectivity index (χ2v) is 8.29. The second kappa shape index (κ2) is 8.29. The molecule has 0 aliphatic carbocycles. The molecule has 5 nitrogen and oxygen atoms in total. The summed E-state index contributed by atoms with van der Waals surface area (Å²) < 4.78 is 5.70. The van der Waals surface area contributed by atoms with Crippen LogP contribution in [0.1, 0.15) is 46.3 Å². The van der Waals surface area contributed by atoms with Gasteiger partial charge in [-0.05, 0) is 56.4 Å². The molecule has 1 atom stereocenters. The number of hydrogen-bond donors (Lipinski definition) is 1. The van der Waals surface area contributed by atoms with Crippen LogP contribution in [-0.2, 0) is 0 Å². The topological polar surface area (TPSA) is 62.6 Å². The molecule has 2 aromatic heterocycles. The van der Waals surface area contributed by atoms with Crippen molar-refractivity contribution >= 4 is 28.2 Å². The van der Waals surface area contributed by atoms with Gasteiger partial charge in [0, 0.05) is 17.5 Å². The number of hydrogen-bond acceptors (Lipinski definition) is 5. The van der Waals surface area contributed by atoms with Gasteiger partial charge in [0.1, 0.15) is 5.58 Å². The quantitative estimate of drug-likeness (QED) is 0.705. The molecule has 1 aliphatic rings. The van der Waals surface area contributed by atoms with Crippen molar-refractivity contribution in [3.8, 4) is 0 Å². The fourth-order valence-corrected chi connectivity index (χ4v) is 4.64. The molecule has 1 saturated heterocycles. The normalized spacial score (nSPS) is 16.2. The van der Waals surface area contributed by atoms with Crippen molar-refractivity contribution in [3.05, 3.63) is 68.2 Å². The van der Waals surface area contributed by atoms with Gasteiger partial charge in [-0.1, -0.05) is 24.1 Å². The van der Waals surface area contributed by atoms with Crippen LogP contribution >= 0.6 is 11.3 Å². The van der Waals surface area contributed by atoms with Crippen molar-refractivity contribution in [2.75, 3.05) is 19.6 Å². The molecule has 0 spiro atoms. The van der Waals surface area contributed by atoms with Gasteiger partial charge < -0.3 is 9.73 Å². The highest BCUT2D eigenvalue weighted by molar-refractivity contribution is 7.10. The van der Waals surface area contributed by atoms with E-state index in [1.54, 1.807) is 23.5 Å². The second-order valence-electron chi connectivity index (χ2n) is 7.31. The molecule has 0 radical (unpaired) electrons. The number of carbonyl (C=O) groups is 1. The van der Waals surface area contributed by atoms with Gasteiger partial charge in [-0.15, -0.1) is 11.3 Å². The van der Waals surface area contributed by atoms with Crippen LogP contribution in [0.3, 0.4) is 0 Å². The van der Waals surface area contributed by atoms with Crippen molar-refractivity contribution in [1.29, 1.82) is 0 Å². The van der Waals surface area contributed by atoms with Gasteiger partial charge >= 0.3 is 0 Å². The number of piperidine rings is 1. The van der Waals surface area contributed by atoms with Crippen LogP contribution in [0.5, 0.6) is 0 Å². The standard InChI is InChI=1S/C22H24N2O3S/c1-15-7-8-19-16(12-15)18(25)13-20(27-19)22(26)23-14-17(21-6-5-11-28-21)24-9-3-2-4-10-24/h5-8,11-13,17H,2-4,9-10,14H2,1H3,(H,23,26)/t17-/m0/s1. The third-order valence-corrected chi connectivity index (χ3v) is 6.24. The highest BCUT2D eigenvalue weighted by Crippen LogP contribution is 2.27. The summed E-state index contributed by atoms with van der Waals surface area (Å²) in [4.78, 5) is 28.8. The van der Waals surface area contributed by atoms with Crippen LogP contribution < -0.4 is 10.7 Å². The molecule has 3 heterocycles. The molecule has 1 aromatic carbocycles. The Morgan fingerprint density at radius 2 is 2.04 bits per heavy atom. The predicted molar refractivity (Wildman–Crippen MR) is 112 cm³/mol. The molecular formula is C22H24N2O3S.